The van der Waals surface area contributed by atoms with Gasteiger partial charge in [-0.2, -0.15) is 0 Å². The first-order valence-corrected chi connectivity index (χ1v) is 5.46. The second-order valence-corrected chi connectivity index (χ2v) is 4.05. The summed E-state index contributed by atoms with van der Waals surface area (Å²) < 4.78 is 5.20. The fourth-order valence-electron chi connectivity index (χ4n) is 1.99. The lowest BCUT2D eigenvalue weighted by atomic mass is 10.0. The van der Waals surface area contributed by atoms with Crippen LogP contribution in [0, 0.1) is 6.92 Å². The molecule has 0 bridgehead atoms. The summed E-state index contributed by atoms with van der Waals surface area (Å²) in [6, 6.07) is 7.31. The summed E-state index contributed by atoms with van der Waals surface area (Å²) in [5.74, 6) is -1.89. The predicted molar refractivity (Wildman–Crippen MR) is 59.7 cm³/mol. The molecule has 0 unspecified atom stereocenters. The molecule has 1 fully saturated rings. The van der Waals surface area contributed by atoms with Crippen molar-refractivity contribution in [3.63, 3.8) is 0 Å². The lowest BCUT2D eigenvalue weighted by Gasteiger charge is -2.38. The molecule has 1 heterocycles. The van der Waals surface area contributed by atoms with Gasteiger partial charge < -0.3 is 14.9 Å². The molecule has 1 aliphatic heterocycles. The molecule has 2 N–H and O–H groups in total. The van der Waals surface area contributed by atoms with E-state index >= 15 is 0 Å². The smallest absolute Gasteiger partial charge is 0.253 e. The van der Waals surface area contributed by atoms with Crippen LogP contribution in [0.1, 0.15) is 11.1 Å². The zero-order valence-electron chi connectivity index (χ0n) is 9.39. The van der Waals surface area contributed by atoms with Gasteiger partial charge in [0.1, 0.15) is 0 Å². The highest BCUT2D eigenvalue weighted by atomic mass is 16.5. The molecule has 88 valence electrons. The molecule has 4 heteroatoms. The quantitative estimate of drug-likeness (QED) is 0.714. The van der Waals surface area contributed by atoms with Crippen molar-refractivity contribution >= 4 is 0 Å². The first-order valence-electron chi connectivity index (χ1n) is 5.46. The van der Waals surface area contributed by atoms with Crippen LogP contribution in [-0.4, -0.2) is 41.4 Å². The van der Waals surface area contributed by atoms with Crippen molar-refractivity contribution < 1.29 is 14.9 Å². The monoisotopic (exact) mass is 223 g/mol. The van der Waals surface area contributed by atoms with Crippen LogP contribution >= 0.6 is 0 Å². The number of benzene rings is 1. The highest BCUT2D eigenvalue weighted by Crippen LogP contribution is 2.26. The van der Waals surface area contributed by atoms with Crippen LogP contribution in [0.15, 0.2) is 24.3 Å². The Bertz CT molecular complexity index is 359. The van der Waals surface area contributed by atoms with E-state index in [0.29, 0.717) is 31.9 Å². The molecule has 1 aromatic carbocycles. The first-order chi connectivity index (χ1) is 7.62. The van der Waals surface area contributed by atoms with Crippen LogP contribution in [0.4, 0.5) is 0 Å². The number of nitrogens with zero attached hydrogens (tertiary/aromatic N) is 1. The molecule has 4 nitrogen and oxygen atoms in total. The van der Waals surface area contributed by atoms with Crippen LogP contribution in [0.2, 0.25) is 0 Å². The Balaban J connectivity index is 2.26. The van der Waals surface area contributed by atoms with E-state index in [1.54, 1.807) is 11.0 Å². The third-order valence-electron chi connectivity index (χ3n) is 2.96. The van der Waals surface area contributed by atoms with Gasteiger partial charge in [0.25, 0.3) is 5.91 Å². The molecule has 0 spiro atoms. The molecule has 0 saturated carbocycles. The minimum absolute atomic E-state index is 0.529. The van der Waals surface area contributed by atoms with Crippen molar-refractivity contribution in [2.24, 2.45) is 0 Å². The lowest BCUT2D eigenvalue weighted by molar-refractivity contribution is -0.287. The van der Waals surface area contributed by atoms with E-state index in [-0.39, 0.29) is 0 Å². The van der Waals surface area contributed by atoms with Crippen LogP contribution in [0.5, 0.6) is 0 Å². The molecule has 0 aliphatic carbocycles. The van der Waals surface area contributed by atoms with E-state index in [1.165, 1.54) is 0 Å². The third kappa shape index (κ3) is 2.10. The summed E-state index contributed by atoms with van der Waals surface area (Å²) in [5.41, 5.74) is 1.41. The van der Waals surface area contributed by atoms with Gasteiger partial charge in [-0.3, -0.25) is 0 Å². The second-order valence-electron chi connectivity index (χ2n) is 4.05. The Hall–Kier alpha value is -0.940. The molecular formula is C12H17NO3. The maximum absolute atomic E-state index is 10.2. The average Bonchev–Trinajstić information content (AvgIpc) is 2.30. The van der Waals surface area contributed by atoms with Gasteiger partial charge in [0.2, 0.25) is 0 Å². The molecule has 0 atom stereocenters. The number of hydrogen-bond acceptors (Lipinski definition) is 4. The standard InChI is InChI=1S/C12H17NO3/c1-10-4-2-3-5-11(10)12(14,15)13-6-8-16-9-7-13/h2-5,14-15H,6-9H2,1H3. The molecule has 16 heavy (non-hydrogen) atoms. The van der Waals surface area contributed by atoms with E-state index in [1.807, 2.05) is 25.1 Å². The van der Waals surface area contributed by atoms with E-state index in [0.717, 1.165) is 5.56 Å². The van der Waals surface area contributed by atoms with E-state index in [2.05, 4.69) is 0 Å². The van der Waals surface area contributed by atoms with Gasteiger partial charge in [-0.25, -0.2) is 4.90 Å². The zero-order valence-corrected chi connectivity index (χ0v) is 9.39. The van der Waals surface area contributed by atoms with Crippen molar-refractivity contribution in [3.8, 4) is 0 Å². The Morgan fingerprint density at radius 1 is 1.19 bits per heavy atom. The van der Waals surface area contributed by atoms with Crippen LogP contribution < -0.4 is 0 Å². The topological polar surface area (TPSA) is 52.9 Å². The molecule has 1 aromatic rings. The predicted octanol–water partition coefficient (Wildman–Crippen LogP) is 0.422. The van der Waals surface area contributed by atoms with Gasteiger partial charge in [0, 0.05) is 18.7 Å². The number of morpholine rings is 1. The number of rotatable bonds is 2. The first kappa shape index (κ1) is 11.5. The Labute approximate surface area is 95.1 Å². The molecule has 1 saturated heterocycles. The normalized spacial score (nSPS) is 18.7. The molecule has 0 aromatic heterocycles. The van der Waals surface area contributed by atoms with E-state index in [9.17, 15) is 10.2 Å². The van der Waals surface area contributed by atoms with Crippen molar-refractivity contribution in [1.29, 1.82) is 0 Å². The lowest BCUT2D eigenvalue weighted by Crippen LogP contribution is -2.51. The Kier molecular flexibility index (Phi) is 3.25. The summed E-state index contributed by atoms with van der Waals surface area (Å²) in [7, 11) is 0. The summed E-state index contributed by atoms with van der Waals surface area (Å²) in [6.07, 6.45) is 0. The largest absolute Gasteiger partial charge is 0.379 e. The number of aliphatic hydroxyl groups is 2. The summed E-state index contributed by atoms with van der Waals surface area (Å²) in [4.78, 5) is 1.62. The van der Waals surface area contributed by atoms with Crippen LogP contribution in [0.25, 0.3) is 0 Å². The third-order valence-corrected chi connectivity index (χ3v) is 2.96. The number of aryl methyl sites for hydroxylation is 1. The molecule has 0 radical (unpaired) electrons. The van der Waals surface area contributed by atoms with Gasteiger partial charge in [-0.05, 0) is 12.5 Å². The molecular weight excluding hydrogens is 206 g/mol. The summed E-state index contributed by atoms with van der Waals surface area (Å²) in [6.45, 7) is 4.00. The highest BCUT2D eigenvalue weighted by molar-refractivity contribution is 5.29. The fourth-order valence-corrected chi connectivity index (χ4v) is 1.99. The maximum atomic E-state index is 10.2. The number of hydrogen-bond donors (Lipinski definition) is 2. The molecule has 2 rings (SSSR count). The minimum Gasteiger partial charge on any atom is -0.379 e. The Morgan fingerprint density at radius 3 is 2.44 bits per heavy atom. The number of ether oxygens (including phenoxy) is 1. The van der Waals surface area contributed by atoms with Crippen molar-refractivity contribution in [1.82, 2.24) is 4.90 Å². The SMILES string of the molecule is Cc1ccccc1C(O)(O)N1CCOCC1. The zero-order chi connectivity index (χ0) is 11.6. The fraction of sp³-hybridized carbons (Fsp3) is 0.500. The highest BCUT2D eigenvalue weighted by Gasteiger charge is 2.35. The van der Waals surface area contributed by atoms with Crippen LogP contribution in [0.3, 0.4) is 0 Å². The van der Waals surface area contributed by atoms with Gasteiger partial charge >= 0.3 is 0 Å². The molecule has 0 amide bonds. The van der Waals surface area contributed by atoms with E-state index in [4.69, 9.17) is 4.74 Å². The van der Waals surface area contributed by atoms with Gasteiger partial charge in [-0.15, -0.1) is 0 Å². The average molecular weight is 223 g/mol. The van der Waals surface area contributed by atoms with Crippen LogP contribution in [-0.2, 0) is 10.6 Å². The summed E-state index contributed by atoms with van der Waals surface area (Å²) in [5, 5.41) is 20.4. The second kappa shape index (κ2) is 4.51. The van der Waals surface area contributed by atoms with Crippen molar-refractivity contribution in [2.45, 2.75) is 12.8 Å². The van der Waals surface area contributed by atoms with Gasteiger partial charge in [-0.1, -0.05) is 24.3 Å². The van der Waals surface area contributed by atoms with Gasteiger partial charge in [0.05, 0.1) is 13.2 Å². The minimum atomic E-state index is -1.89. The van der Waals surface area contributed by atoms with Crippen molar-refractivity contribution in [3.05, 3.63) is 35.4 Å². The molecule has 1 aliphatic rings. The van der Waals surface area contributed by atoms with Crippen molar-refractivity contribution in [2.75, 3.05) is 26.3 Å². The maximum Gasteiger partial charge on any atom is 0.253 e. The van der Waals surface area contributed by atoms with E-state index < -0.39 is 5.91 Å². The Morgan fingerprint density at radius 2 is 1.81 bits per heavy atom. The summed E-state index contributed by atoms with van der Waals surface area (Å²) >= 11 is 0. The van der Waals surface area contributed by atoms with Gasteiger partial charge in [0.15, 0.2) is 0 Å².